The van der Waals surface area contributed by atoms with Crippen molar-refractivity contribution in [1.82, 2.24) is 9.97 Å². The Labute approximate surface area is 109 Å². The first-order chi connectivity index (χ1) is 9.08. The lowest BCUT2D eigenvalue weighted by Gasteiger charge is -2.10. The Morgan fingerprint density at radius 1 is 1.47 bits per heavy atom. The van der Waals surface area contributed by atoms with E-state index in [9.17, 15) is 9.18 Å². The van der Waals surface area contributed by atoms with Crippen molar-refractivity contribution < 1.29 is 14.3 Å². The molecule has 1 aromatic heterocycles. The minimum Gasteiger partial charge on any atom is -0.478 e. The molecule has 0 bridgehead atoms. The van der Waals surface area contributed by atoms with E-state index < -0.39 is 5.97 Å². The first-order valence-electron chi connectivity index (χ1n) is 5.60. The van der Waals surface area contributed by atoms with Gasteiger partial charge in [0.05, 0.1) is 12.2 Å². The highest BCUT2D eigenvalue weighted by atomic mass is 19.1. The van der Waals surface area contributed by atoms with E-state index in [1.165, 1.54) is 24.7 Å². The largest absolute Gasteiger partial charge is 0.478 e. The van der Waals surface area contributed by atoms with E-state index in [4.69, 9.17) is 5.11 Å². The standard InChI is InChI=1S/C13H12FN3O2/c1-8-2-3-9(14)4-11(8)16-6-12-10(13(18)19)5-15-7-17-12/h2-5,7,16H,6H2,1H3,(H,18,19). The summed E-state index contributed by atoms with van der Waals surface area (Å²) >= 11 is 0. The van der Waals surface area contributed by atoms with Crippen LogP contribution in [-0.2, 0) is 6.54 Å². The Bertz CT molecular complexity index is 617. The summed E-state index contributed by atoms with van der Waals surface area (Å²) < 4.78 is 13.1. The summed E-state index contributed by atoms with van der Waals surface area (Å²) in [5.41, 5.74) is 1.86. The minimum absolute atomic E-state index is 0.0315. The third-order valence-corrected chi connectivity index (χ3v) is 2.67. The quantitative estimate of drug-likeness (QED) is 0.882. The predicted octanol–water partition coefficient (Wildman–Crippen LogP) is 2.23. The van der Waals surface area contributed by atoms with Gasteiger partial charge in [-0.1, -0.05) is 6.07 Å². The molecule has 1 heterocycles. The van der Waals surface area contributed by atoms with Crippen LogP contribution in [0.15, 0.2) is 30.7 Å². The maximum absolute atomic E-state index is 13.1. The second-order valence-electron chi connectivity index (χ2n) is 4.00. The van der Waals surface area contributed by atoms with Gasteiger partial charge in [0.2, 0.25) is 0 Å². The number of carboxylic acid groups (broad SMARTS) is 1. The molecule has 1 aromatic carbocycles. The summed E-state index contributed by atoms with van der Waals surface area (Å²) in [5, 5.41) is 12.0. The maximum atomic E-state index is 13.1. The third kappa shape index (κ3) is 3.04. The number of nitrogens with zero attached hydrogens (tertiary/aromatic N) is 2. The van der Waals surface area contributed by atoms with E-state index in [0.29, 0.717) is 11.4 Å². The molecule has 0 amide bonds. The van der Waals surface area contributed by atoms with Gasteiger partial charge >= 0.3 is 5.97 Å². The fourth-order valence-corrected chi connectivity index (χ4v) is 1.64. The molecular weight excluding hydrogens is 249 g/mol. The first kappa shape index (κ1) is 12.9. The molecule has 0 saturated heterocycles. The van der Waals surface area contributed by atoms with Gasteiger partial charge in [-0.25, -0.2) is 19.2 Å². The van der Waals surface area contributed by atoms with Gasteiger partial charge in [-0.3, -0.25) is 0 Å². The molecule has 0 atom stereocenters. The van der Waals surface area contributed by atoms with E-state index in [0.717, 1.165) is 5.56 Å². The highest BCUT2D eigenvalue weighted by Crippen LogP contribution is 2.17. The summed E-state index contributed by atoms with van der Waals surface area (Å²) in [7, 11) is 0. The zero-order valence-corrected chi connectivity index (χ0v) is 10.2. The predicted molar refractivity (Wildman–Crippen MR) is 67.5 cm³/mol. The van der Waals surface area contributed by atoms with Gasteiger partial charge in [-0.2, -0.15) is 0 Å². The SMILES string of the molecule is Cc1ccc(F)cc1NCc1ncncc1C(=O)O. The summed E-state index contributed by atoms with van der Waals surface area (Å²) in [6, 6.07) is 4.38. The Kier molecular flexibility index (Phi) is 3.70. The van der Waals surface area contributed by atoms with E-state index in [2.05, 4.69) is 15.3 Å². The molecule has 0 saturated carbocycles. The molecule has 0 fully saturated rings. The van der Waals surface area contributed by atoms with E-state index in [1.807, 2.05) is 6.92 Å². The third-order valence-electron chi connectivity index (χ3n) is 2.67. The van der Waals surface area contributed by atoms with Crippen LogP contribution in [0, 0.1) is 12.7 Å². The molecular formula is C13H12FN3O2. The summed E-state index contributed by atoms with van der Waals surface area (Å²) in [4.78, 5) is 18.6. The van der Waals surface area contributed by atoms with Gasteiger partial charge in [0.15, 0.2) is 0 Å². The number of aromatic nitrogens is 2. The average Bonchev–Trinajstić information content (AvgIpc) is 2.40. The van der Waals surface area contributed by atoms with Gasteiger partial charge in [-0.15, -0.1) is 0 Å². The van der Waals surface area contributed by atoms with Crippen LogP contribution in [0.1, 0.15) is 21.6 Å². The van der Waals surface area contributed by atoms with Crippen LogP contribution in [0.5, 0.6) is 0 Å². The number of aromatic carboxylic acids is 1. The van der Waals surface area contributed by atoms with Crippen LogP contribution < -0.4 is 5.32 Å². The molecule has 2 rings (SSSR count). The number of carboxylic acids is 1. The van der Waals surface area contributed by atoms with Crippen molar-refractivity contribution in [3.63, 3.8) is 0 Å². The van der Waals surface area contributed by atoms with Crippen LogP contribution in [0.3, 0.4) is 0 Å². The van der Waals surface area contributed by atoms with Crippen LogP contribution in [0.4, 0.5) is 10.1 Å². The van der Waals surface area contributed by atoms with Crippen molar-refractivity contribution >= 4 is 11.7 Å². The molecule has 0 aliphatic carbocycles. The van der Waals surface area contributed by atoms with Crippen LogP contribution >= 0.6 is 0 Å². The van der Waals surface area contributed by atoms with Gasteiger partial charge in [-0.05, 0) is 24.6 Å². The van der Waals surface area contributed by atoms with Crippen molar-refractivity contribution in [2.24, 2.45) is 0 Å². The van der Waals surface area contributed by atoms with Crippen molar-refractivity contribution in [3.8, 4) is 0 Å². The Hall–Kier alpha value is -2.50. The van der Waals surface area contributed by atoms with Gasteiger partial charge in [0.25, 0.3) is 0 Å². The molecule has 2 aromatic rings. The molecule has 5 nitrogen and oxygen atoms in total. The smallest absolute Gasteiger partial charge is 0.339 e. The number of benzene rings is 1. The molecule has 0 radical (unpaired) electrons. The lowest BCUT2D eigenvalue weighted by Crippen LogP contribution is -2.10. The number of halogens is 1. The van der Waals surface area contributed by atoms with Crippen molar-refractivity contribution in [3.05, 3.63) is 53.4 Å². The number of nitrogens with one attached hydrogen (secondary N) is 1. The van der Waals surface area contributed by atoms with E-state index in [1.54, 1.807) is 6.07 Å². The van der Waals surface area contributed by atoms with Gasteiger partial charge < -0.3 is 10.4 Å². The molecule has 0 aliphatic heterocycles. The Morgan fingerprint density at radius 2 is 2.26 bits per heavy atom. The summed E-state index contributed by atoms with van der Waals surface area (Å²) in [6.07, 6.45) is 2.52. The molecule has 6 heteroatoms. The fraction of sp³-hybridized carbons (Fsp3) is 0.154. The van der Waals surface area contributed by atoms with E-state index >= 15 is 0 Å². The zero-order valence-electron chi connectivity index (χ0n) is 10.2. The molecule has 19 heavy (non-hydrogen) atoms. The number of hydrogen-bond donors (Lipinski definition) is 2. The van der Waals surface area contributed by atoms with Crippen LogP contribution in [-0.4, -0.2) is 21.0 Å². The number of aryl methyl sites for hydroxylation is 1. The average molecular weight is 261 g/mol. The first-order valence-corrected chi connectivity index (χ1v) is 5.60. The lowest BCUT2D eigenvalue weighted by atomic mass is 10.2. The lowest BCUT2D eigenvalue weighted by molar-refractivity contribution is 0.0694. The highest BCUT2D eigenvalue weighted by Gasteiger charge is 2.11. The number of anilines is 1. The monoisotopic (exact) mass is 261 g/mol. The molecule has 0 spiro atoms. The van der Waals surface area contributed by atoms with Gasteiger partial charge in [0.1, 0.15) is 17.7 Å². The summed E-state index contributed by atoms with van der Waals surface area (Å²) in [6.45, 7) is 2.02. The minimum atomic E-state index is -1.09. The van der Waals surface area contributed by atoms with Crippen molar-refractivity contribution in [2.45, 2.75) is 13.5 Å². The molecule has 98 valence electrons. The van der Waals surface area contributed by atoms with Crippen molar-refractivity contribution in [1.29, 1.82) is 0 Å². The highest BCUT2D eigenvalue weighted by molar-refractivity contribution is 5.88. The molecule has 0 unspecified atom stereocenters. The van der Waals surface area contributed by atoms with Gasteiger partial charge in [0, 0.05) is 11.9 Å². The Morgan fingerprint density at radius 3 is 3.00 bits per heavy atom. The van der Waals surface area contributed by atoms with Crippen molar-refractivity contribution in [2.75, 3.05) is 5.32 Å². The summed E-state index contributed by atoms with van der Waals surface area (Å²) in [5.74, 6) is -1.44. The second kappa shape index (κ2) is 5.43. The van der Waals surface area contributed by atoms with Crippen LogP contribution in [0.2, 0.25) is 0 Å². The maximum Gasteiger partial charge on any atom is 0.339 e. The van der Waals surface area contributed by atoms with E-state index in [-0.39, 0.29) is 17.9 Å². The van der Waals surface area contributed by atoms with Crippen LogP contribution in [0.25, 0.3) is 0 Å². The fourth-order valence-electron chi connectivity index (χ4n) is 1.64. The normalized spacial score (nSPS) is 10.2. The topological polar surface area (TPSA) is 75.1 Å². The Balaban J connectivity index is 2.19. The number of carbonyl (C=O) groups is 1. The second-order valence-corrected chi connectivity index (χ2v) is 4.00. The number of rotatable bonds is 4. The molecule has 0 aliphatic rings. The zero-order chi connectivity index (χ0) is 13.8. The number of hydrogen-bond acceptors (Lipinski definition) is 4. The molecule has 2 N–H and O–H groups in total.